The number of hydrogen-bond donors (Lipinski definition) is 5. The largest absolute Gasteiger partial charge is 0.504 e. The Kier molecular flexibility index (Phi) is 5.58. The van der Waals surface area contributed by atoms with Crippen molar-refractivity contribution < 1.29 is 20.1 Å². The molecule has 0 saturated heterocycles. The highest BCUT2D eigenvalue weighted by Crippen LogP contribution is 2.36. The van der Waals surface area contributed by atoms with Gasteiger partial charge in [0.05, 0.1) is 23.4 Å². The van der Waals surface area contributed by atoms with E-state index in [-0.39, 0.29) is 12.5 Å². The van der Waals surface area contributed by atoms with Gasteiger partial charge in [0.15, 0.2) is 17.2 Å². The van der Waals surface area contributed by atoms with Crippen molar-refractivity contribution in [1.82, 2.24) is 15.3 Å². The van der Waals surface area contributed by atoms with Crippen molar-refractivity contribution in [2.24, 2.45) is 0 Å². The van der Waals surface area contributed by atoms with Gasteiger partial charge in [-0.1, -0.05) is 48.0 Å². The summed E-state index contributed by atoms with van der Waals surface area (Å²) >= 11 is 0. The Hall–Kier alpha value is -4.78. The second kappa shape index (κ2) is 8.87. The molecule has 2 heterocycles. The van der Waals surface area contributed by atoms with Gasteiger partial charge in [-0.05, 0) is 42.8 Å². The third-order valence-electron chi connectivity index (χ3n) is 5.84. The average Bonchev–Trinajstić information content (AvgIpc) is 3.23. The number of aromatic nitrogens is 2. The van der Waals surface area contributed by atoms with Crippen LogP contribution in [-0.4, -0.2) is 31.2 Å². The first-order valence-electron chi connectivity index (χ1n) is 11.1. The standard InChI is InChI=1S/C28H23N3O4/c1-16-6-9-18(10-7-16)26-27-21(20-4-2-3-5-22(20)31-27)14-19(30-26)15-29-25(34)11-8-17-12-23(32)28(35)24(33)13-17/h2-14,31-33,35H,15H2,1H3,(H,29,34)/b11-8+. The first kappa shape index (κ1) is 22.0. The summed E-state index contributed by atoms with van der Waals surface area (Å²) in [5.41, 5.74) is 5.99. The monoisotopic (exact) mass is 465 g/mol. The summed E-state index contributed by atoms with van der Waals surface area (Å²) in [4.78, 5) is 20.8. The van der Waals surface area contributed by atoms with Gasteiger partial charge in [-0.2, -0.15) is 0 Å². The molecule has 0 aliphatic heterocycles. The van der Waals surface area contributed by atoms with E-state index in [1.807, 2.05) is 55.5 Å². The van der Waals surface area contributed by atoms with Crippen molar-refractivity contribution in [1.29, 1.82) is 0 Å². The van der Waals surface area contributed by atoms with Crippen LogP contribution in [0.25, 0.3) is 39.1 Å². The summed E-state index contributed by atoms with van der Waals surface area (Å²) in [6, 6.07) is 20.7. The molecule has 174 valence electrons. The maximum Gasteiger partial charge on any atom is 0.244 e. The lowest BCUT2D eigenvalue weighted by Crippen LogP contribution is -2.21. The number of H-pyrrole nitrogens is 1. The summed E-state index contributed by atoms with van der Waals surface area (Å²) in [5.74, 6) is -1.90. The first-order chi connectivity index (χ1) is 16.9. The smallest absolute Gasteiger partial charge is 0.244 e. The molecular formula is C28H23N3O4. The van der Waals surface area contributed by atoms with Gasteiger partial charge < -0.3 is 25.6 Å². The zero-order chi connectivity index (χ0) is 24.5. The van der Waals surface area contributed by atoms with Crippen LogP contribution in [0.3, 0.4) is 0 Å². The fourth-order valence-corrected chi connectivity index (χ4v) is 4.04. The van der Waals surface area contributed by atoms with Gasteiger partial charge in [0.1, 0.15) is 0 Å². The Balaban J connectivity index is 1.44. The fourth-order valence-electron chi connectivity index (χ4n) is 4.04. The van der Waals surface area contributed by atoms with Crippen LogP contribution in [0.1, 0.15) is 16.8 Å². The summed E-state index contributed by atoms with van der Waals surface area (Å²) in [7, 11) is 0. The highest BCUT2D eigenvalue weighted by atomic mass is 16.3. The van der Waals surface area contributed by atoms with Crippen molar-refractivity contribution in [3.63, 3.8) is 0 Å². The SMILES string of the molecule is Cc1ccc(-c2nc(CNC(=O)/C=C/c3cc(O)c(O)c(O)c3)cc3c2[nH]c2ccccc23)cc1. The number of amides is 1. The molecule has 0 atom stereocenters. The quantitative estimate of drug-likeness (QED) is 0.182. The molecule has 2 aromatic heterocycles. The van der Waals surface area contributed by atoms with Crippen LogP contribution in [-0.2, 0) is 11.3 Å². The molecule has 5 aromatic rings. The summed E-state index contributed by atoms with van der Waals surface area (Å²) in [6.45, 7) is 2.25. The topological polar surface area (TPSA) is 118 Å². The molecule has 5 rings (SSSR count). The lowest BCUT2D eigenvalue weighted by Gasteiger charge is -2.09. The van der Waals surface area contributed by atoms with E-state index in [1.165, 1.54) is 24.3 Å². The number of aromatic amines is 1. The number of phenols is 3. The van der Waals surface area contributed by atoms with Crippen molar-refractivity contribution in [2.75, 3.05) is 0 Å². The summed E-state index contributed by atoms with van der Waals surface area (Å²) in [5, 5.41) is 33.6. The van der Waals surface area contributed by atoms with Crippen LogP contribution in [0.5, 0.6) is 17.2 Å². The van der Waals surface area contributed by atoms with Crippen molar-refractivity contribution in [3.8, 4) is 28.5 Å². The second-order valence-corrected chi connectivity index (χ2v) is 8.38. The molecule has 0 aliphatic carbocycles. The van der Waals surface area contributed by atoms with Crippen LogP contribution in [0.15, 0.2) is 72.8 Å². The highest BCUT2D eigenvalue weighted by Gasteiger charge is 2.14. The maximum absolute atomic E-state index is 12.4. The van der Waals surface area contributed by atoms with Crippen LogP contribution in [0.4, 0.5) is 0 Å². The molecule has 0 saturated carbocycles. The molecule has 7 nitrogen and oxygen atoms in total. The molecule has 0 aliphatic rings. The van der Waals surface area contributed by atoms with Crippen molar-refractivity contribution >= 4 is 33.8 Å². The summed E-state index contributed by atoms with van der Waals surface area (Å²) < 4.78 is 0. The number of phenolic OH excluding ortho intramolecular Hbond substituents is 3. The van der Waals surface area contributed by atoms with Crippen LogP contribution >= 0.6 is 0 Å². The van der Waals surface area contributed by atoms with E-state index in [9.17, 15) is 20.1 Å². The molecule has 0 fully saturated rings. The molecule has 5 N–H and O–H groups in total. The maximum atomic E-state index is 12.4. The molecular weight excluding hydrogens is 442 g/mol. The van der Waals surface area contributed by atoms with Crippen molar-refractivity contribution in [3.05, 3.63) is 89.6 Å². The Morgan fingerprint density at radius 2 is 1.69 bits per heavy atom. The average molecular weight is 466 g/mol. The van der Waals surface area contributed by atoms with Gasteiger partial charge in [-0.15, -0.1) is 0 Å². The van der Waals surface area contributed by atoms with Crippen LogP contribution < -0.4 is 5.32 Å². The van der Waals surface area contributed by atoms with Gasteiger partial charge in [0.2, 0.25) is 5.91 Å². The number of para-hydroxylation sites is 1. The van der Waals surface area contributed by atoms with Crippen molar-refractivity contribution in [2.45, 2.75) is 13.5 Å². The number of carbonyl (C=O) groups is 1. The van der Waals surface area contributed by atoms with E-state index in [1.54, 1.807) is 0 Å². The number of pyridine rings is 1. The van der Waals surface area contributed by atoms with E-state index >= 15 is 0 Å². The molecule has 3 aromatic carbocycles. The Labute approximate surface area is 201 Å². The van der Waals surface area contributed by atoms with Gasteiger partial charge >= 0.3 is 0 Å². The first-order valence-corrected chi connectivity index (χ1v) is 11.1. The van der Waals surface area contributed by atoms with E-state index in [0.29, 0.717) is 11.3 Å². The summed E-state index contributed by atoms with van der Waals surface area (Å²) in [6.07, 6.45) is 2.72. The van der Waals surface area contributed by atoms with Gasteiger partial charge in [0, 0.05) is 27.9 Å². The van der Waals surface area contributed by atoms with Crippen LogP contribution in [0, 0.1) is 6.92 Å². The molecule has 0 spiro atoms. The second-order valence-electron chi connectivity index (χ2n) is 8.38. The molecule has 7 heteroatoms. The number of aromatic hydroxyl groups is 3. The number of nitrogens with one attached hydrogen (secondary N) is 2. The van der Waals surface area contributed by atoms with Gasteiger partial charge in [0.25, 0.3) is 0 Å². The minimum atomic E-state index is -0.602. The lowest BCUT2D eigenvalue weighted by molar-refractivity contribution is -0.116. The van der Waals surface area contributed by atoms with E-state index in [0.717, 1.165) is 38.6 Å². The Morgan fingerprint density at radius 1 is 0.971 bits per heavy atom. The highest BCUT2D eigenvalue weighted by molar-refractivity contribution is 6.11. The van der Waals surface area contributed by atoms with E-state index in [2.05, 4.69) is 16.4 Å². The van der Waals surface area contributed by atoms with Gasteiger partial charge in [-0.3, -0.25) is 4.79 Å². The molecule has 1 amide bonds. The van der Waals surface area contributed by atoms with Gasteiger partial charge in [-0.25, -0.2) is 4.98 Å². The third-order valence-corrected chi connectivity index (χ3v) is 5.84. The third kappa shape index (κ3) is 4.39. The predicted molar refractivity (Wildman–Crippen MR) is 136 cm³/mol. The van der Waals surface area contributed by atoms with Crippen LogP contribution in [0.2, 0.25) is 0 Å². The zero-order valence-electron chi connectivity index (χ0n) is 18.9. The number of aryl methyl sites for hydroxylation is 1. The molecule has 0 unspecified atom stereocenters. The number of nitrogens with zero attached hydrogens (tertiary/aromatic N) is 1. The molecule has 0 bridgehead atoms. The molecule has 35 heavy (non-hydrogen) atoms. The molecule has 0 radical (unpaired) electrons. The normalized spacial score (nSPS) is 11.5. The zero-order valence-corrected chi connectivity index (χ0v) is 18.9. The van der Waals surface area contributed by atoms with E-state index < -0.39 is 17.2 Å². The number of hydrogen-bond acceptors (Lipinski definition) is 5. The fraction of sp³-hybridized carbons (Fsp3) is 0.0714. The number of rotatable bonds is 5. The number of carbonyl (C=O) groups excluding carboxylic acids is 1. The Bertz CT molecular complexity index is 1580. The lowest BCUT2D eigenvalue weighted by atomic mass is 10.1. The minimum absolute atomic E-state index is 0.212. The number of benzene rings is 3. The number of fused-ring (bicyclic) bond motifs is 3. The minimum Gasteiger partial charge on any atom is -0.504 e. The predicted octanol–water partition coefficient (Wildman–Crippen LogP) is 5.14. The Morgan fingerprint density at radius 3 is 2.43 bits per heavy atom. The van der Waals surface area contributed by atoms with E-state index in [4.69, 9.17) is 4.98 Å².